The number of ether oxygens (including phenoxy) is 4. The molecule has 1 aliphatic rings. The van der Waals surface area contributed by atoms with Gasteiger partial charge in [-0.3, -0.25) is 4.79 Å². The van der Waals surface area contributed by atoms with E-state index in [4.69, 9.17) is 18.9 Å². The maximum absolute atomic E-state index is 12.8. The van der Waals surface area contributed by atoms with E-state index in [-0.39, 0.29) is 18.6 Å². The van der Waals surface area contributed by atoms with Crippen molar-refractivity contribution in [3.05, 3.63) is 83.4 Å². The largest absolute Gasteiger partial charge is 0.497 e. The Hall–Kier alpha value is -3.67. The Balaban J connectivity index is 1.60. The van der Waals surface area contributed by atoms with E-state index in [0.29, 0.717) is 19.5 Å². The standard InChI is InChI=1S/C28H31NO5/c1-4-28(30)29(18-20-9-12-22(31-2)13-10-20)16-15-23(24-7-5-6-8-25(24)32-3)21-11-14-26-27(17-21)34-19-33-26/h5-14,17,23H,4,15-16,18-19H2,1-3H3/t23-/m1/s1. The van der Waals surface area contributed by atoms with Gasteiger partial charge >= 0.3 is 0 Å². The Morgan fingerprint density at radius 3 is 2.47 bits per heavy atom. The van der Waals surface area contributed by atoms with Gasteiger partial charge in [0.15, 0.2) is 11.5 Å². The van der Waals surface area contributed by atoms with E-state index in [0.717, 1.165) is 46.1 Å². The highest BCUT2D eigenvalue weighted by molar-refractivity contribution is 5.75. The van der Waals surface area contributed by atoms with E-state index >= 15 is 0 Å². The predicted molar refractivity (Wildman–Crippen MR) is 131 cm³/mol. The molecule has 0 N–H and O–H groups in total. The first-order valence-electron chi connectivity index (χ1n) is 11.6. The third kappa shape index (κ3) is 5.28. The fourth-order valence-corrected chi connectivity index (χ4v) is 4.34. The number of amides is 1. The molecular weight excluding hydrogens is 430 g/mol. The Kier molecular flexibility index (Phi) is 7.58. The average molecular weight is 462 g/mol. The molecule has 0 spiro atoms. The van der Waals surface area contributed by atoms with Crippen molar-refractivity contribution in [2.45, 2.75) is 32.2 Å². The maximum atomic E-state index is 12.8. The smallest absolute Gasteiger partial charge is 0.231 e. The Morgan fingerprint density at radius 2 is 1.74 bits per heavy atom. The monoisotopic (exact) mass is 461 g/mol. The number of carbonyl (C=O) groups excluding carboxylic acids is 1. The second-order valence-electron chi connectivity index (χ2n) is 8.21. The summed E-state index contributed by atoms with van der Waals surface area (Å²) in [6.45, 7) is 3.30. The number of nitrogens with zero attached hydrogens (tertiary/aromatic N) is 1. The van der Waals surface area contributed by atoms with Gasteiger partial charge in [-0.05, 0) is 47.9 Å². The molecule has 0 bridgehead atoms. The van der Waals surface area contributed by atoms with Crippen LogP contribution < -0.4 is 18.9 Å². The maximum Gasteiger partial charge on any atom is 0.231 e. The third-order valence-corrected chi connectivity index (χ3v) is 6.19. The summed E-state index contributed by atoms with van der Waals surface area (Å²) in [4.78, 5) is 14.8. The number of para-hydroxylation sites is 1. The normalized spacial score (nSPS) is 12.8. The summed E-state index contributed by atoms with van der Waals surface area (Å²) in [6.07, 6.45) is 1.20. The van der Waals surface area contributed by atoms with Gasteiger partial charge in [0.1, 0.15) is 11.5 Å². The first-order chi connectivity index (χ1) is 16.6. The molecule has 0 saturated heterocycles. The molecule has 0 saturated carbocycles. The number of benzene rings is 3. The number of hydrogen-bond donors (Lipinski definition) is 0. The number of hydrogen-bond acceptors (Lipinski definition) is 5. The molecule has 0 unspecified atom stereocenters. The summed E-state index contributed by atoms with van der Waals surface area (Å²) in [5.41, 5.74) is 3.25. The first-order valence-corrected chi connectivity index (χ1v) is 11.6. The minimum atomic E-state index is 0.0219. The van der Waals surface area contributed by atoms with Crippen LogP contribution in [0.3, 0.4) is 0 Å². The van der Waals surface area contributed by atoms with Crippen molar-refractivity contribution >= 4 is 5.91 Å². The van der Waals surface area contributed by atoms with Crippen molar-refractivity contribution in [2.75, 3.05) is 27.6 Å². The Morgan fingerprint density at radius 1 is 0.971 bits per heavy atom. The van der Waals surface area contributed by atoms with Gasteiger partial charge in [0, 0.05) is 31.0 Å². The summed E-state index contributed by atoms with van der Waals surface area (Å²) in [7, 11) is 3.34. The number of methoxy groups -OCH3 is 2. The molecule has 0 aliphatic carbocycles. The van der Waals surface area contributed by atoms with Crippen LogP contribution in [0.2, 0.25) is 0 Å². The van der Waals surface area contributed by atoms with Crippen LogP contribution in [0.4, 0.5) is 0 Å². The zero-order chi connectivity index (χ0) is 23.9. The lowest BCUT2D eigenvalue weighted by Gasteiger charge is -2.27. The second-order valence-corrected chi connectivity index (χ2v) is 8.21. The van der Waals surface area contributed by atoms with Gasteiger partial charge in [0.05, 0.1) is 14.2 Å². The van der Waals surface area contributed by atoms with Crippen molar-refractivity contribution in [3.8, 4) is 23.0 Å². The Bertz CT molecular complexity index is 1110. The van der Waals surface area contributed by atoms with Crippen LogP contribution in [0, 0.1) is 0 Å². The van der Waals surface area contributed by atoms with Gasteiger partial charge in [-0.2, -0.15) is 0 Å². The summed E-state index contributed by atoms with van der Waals surface area (Å²) in [6, 6.07) is 22.0. The molecule has 0 aromatic heterocycles. The van der Waals surface area contributed by atoms with Crippen LogP contribution in [-0.4, -0.2) is 38.4 Å². The van der Waals surface area contributed by atoms with E-state index in [2.05, 4.69) is 12.1 Å². The van der Waals surface area contributed by atoms with Gasteiger partial charge in [-0.25, -0.2) is 0 Å². The summed E-state index contributed by atoms with van der Waals surface area (Å²) < 4.78 is 22.1. The minimum absolute atomic E-state index is 0.0219. The molecule has 1 atom stereocenters. The highest BCUT2D eigenvalue weighted by Gasteiger charge is 2.24. The summed E-state index contributed by atoms with van der Waals surface area (Å²) in [5.74, 6) is 3.28. The lowest BCUT2D eigenvalue weighted by Crippen LogP contribution is -2.31. The van der Waals surface area contributed by atoms with Gasteiger partial charge in [-0.1, -0.05) is 43.3 Å². The molecule has 1 heterocycles. The van der Waals surface area contributed by atoms with Crippen molar-refractivity contribution in [1.29, 1.82) is 0 Å². The zero-order valence-electron chi connectivity index (χ0n) is 20.0. The van der Waals surface area contributed by atoms with Crippen molar-refractivity contribution in [2.24, 2.45) is 0 Å². The van der Waals surface area contributed by atoms with E-state index in [9.17, 15) is 4.79 Å². The molecule has 178 valence electrons. The molecular formula is C28H31NO5. The first kappa shape index (κ1) is 23.5. The lowest BCUT2D eigenvalue weighted by molar-refractivity contribution is -0.131. The van der Waals surface area contributed by atoms with Crippen molar-refractivity contribution in [3.63, 3.8) is 0 Å². The second kappa shape index (κ2) is 11.0. The summed E-state index contributed by atoms with van der Waals surface area (Å²) >= 11 is 0. The van der Waals surface area contributed by atoms with Crippen LogP contribution >= 0.6 is 0 Å². The van der Waals surface area contributed by atoms with Gasteiger partial charge < -0.3 is 23.8 Å². The zero-order valence-corrected chi connectivity index (χ0v) is 20.0. The van der Waals surface area contributed by atoms with E-state index < -0.39 is 0 Å². The molecule has 1 amide bonds. The highest BCUT2D eigenvalue weighted by Crippen LogP contribution is 2.40. The third-order valence-electron chi connectivity index (χ3n) is 6.19. The van der Waals surface area contributed by atoms with Crippen molar-refractivity contribution < 1.29 is 23.7 Å². The quantitative estimate of drug-likeness (QED) is 0.405. The molecule has 0 radical (unpaired) electrons. The van der Waals surface area contributed by atoms with E-state index in [1.54, 1.807) is 14.2 Å². The predicted octanol–water partition coefficient (Wildman–Crippen LogP) is 5.39. The van der Waals surface area contributed by atoms with Crippen molar-refractivity contribution in [1.82, 2.24) is 4.90 Å². The molecule has 3 aromatic rings. The Labute approximate surface area is 201 Å². The van der Waals surface area contributed by atoms with Gasteiger partial charge in [-0.15, -0.1) is 0 Å². The number of carbonyl (C=O) groups is 1. The van der Waals surface area contributed by atoms with Crippen LogP contribution in [-0.2, 0) is 11.3 Å². The molecule has 0 fully saturated rings. The van der Waals surface area contributed by atoms with Gasteiger partial charge in [0.2, 0.25) is 12.7 Å². The topological polar surface area (TPSA) is 57.2 Å². The number of rotatable bonds is 10. The van der Waals surface area contributed by atoms with Crippen LogP contribution in [0.1, 0.15) is 42.4 Å². The van der Waals surface area contributed by atoms with Gasteiger partial charge in [0.25, 0.3) is 0 Å². The molecule has 1 aliphatic heterocycles. The lowest BCUT2D eigenvalue weighted by atomic mass is 9.87. The molecule has 6 nitrogen and oxygen atoms in total. The SMILES string of the molecule is CCC(=O)N(CC[C@H](c1ccc2c(c1)OCO2)c1ccccc1OC)Cc1ccc(OC)cc1. The molecule has 34 heavy (non-hydrogen) atoms. The highest BCUT2D eigenvalue weighted by atomic mass is 16.7. The van der Waals surface area contributed by atoms with E-state index in [1.165, 1.54) is 0 Å². The summed E-state index contributed by atoms with van der Waals surface area (Å²) in [5, 5.41) is 0. The molecule has 4 rings (SSSR count). The molecule has 6 heteroatoms. The average Bonchev–Trinajstić information content (AvgIpc) is 3.36. The minimum Gasteiger partial charge on any atom is -0.497 e. The number of fused-ring (bicyclic) bond motifs is 1. The van der Waals surface area contributed by atoms with Crippen LogP contribution in [0.25, 0.3) is 0 Å². The fraction of sp³-hybridized carbons (Fsp3) is 0.321. The molecule has 3 aromatic carbocycles. The van der Waals surface area contributed by atoms with Crippen LogP contribution in [0.5, 0.6) is 23.0 Å². The van der Waals surface area contributed by atoms with Crippen LogP contribution in [0.15, 0.2) is 66.7 Å². The fourth-order valence-electron chi connectivity index (χ4n) is 4.34. The van der Waals surface area contributed by atoms with E-state index in [1.807, 2.05) is 66.4 Å².